The van der Waals surface area contributed by atoms with Crippen molar-refractivity contribution >= 4 is 40.1 Å². The Bertz CT molecular complexity index is 971. The highest BCUT2D eigenvalue weighted by molar-refractivity contribution is 8.14. The molecule has 1 aliphatic heterocycles. The quantitative estimate of drug-likeness (QED) is 0.771. The summed E-state index contributed by atoms with van der Waals surface area (Å²) in [6.07, 6.45) is 9.16. The van der Waals surface area contributed by atoms with Gasteiger partial charge in [-0.3, -0.25) is 9.78 Å². The van der Waals surface area contributed by atoms with E-state index in [2.05, 4.69) is 33.1 Å². The van der Waals surface area contributed by atoms with Gasteiger partial charge in [0, 0.05) is 28.9 Å². The lowest BCUT2D eigenvalue weighted by Crippen LogP contribution is -2.33. The zero-order valence-electron chi connectivity index (χ0n) is 14.9. The fraction of sp³-hybridized carbons (Fsp3) is 0.263. The molecule has 0 saturated carbocycles. The number of amidine groups is 1. The fourth-order valence-corrected chi connectivity index (χ4v) is 4.29. The number of carbonyl (C=O) groups excluding carboxylic acids is 1. The van der Waals surface area contributed by atoms with Crippen LogP contribution in [0.1, 0.15) is 42.0 Å². The summed E-state index contributed by atoms with van der Waals surface area (Å²) in [4.78, 5) is 25.6. The molecule has 138 valence electrons. The molecule has 0 fully saturated rings. The van der Waals surface area contributed by atoms with Gasteiger partial charge >= 0.3 is 0 Å². The Morgan fingerprint density at radius 1 is 1.48 bits per heavy atom. The Balaban J connectivity index is 1.85. The van der Waals surface area contributed by atoms with Gasteiger partial charge in [-0.15, -0.1) is 6.42 Å². The first-order chi connectivity index (χ1) is 12.8. The van der Waals surface area contributed by atoms with Gasteiger partial charge in [-0.2, -0.15) is 0 Å². The lowest BCUT2D eigenvalue weighted by molar-refractivity contribution is 0.102. The number of amides is 1. The Labute approximate surface area is 167 Å². The summed E-state index contributed by atoms with van der Waals surface area (Å²) in [5.41, 5.74) is 7.33. The average Bonchev–Trinajstić information content (AvgIpc) is 2.60. The molecule has 6 nitrogen and oxygen atoms in total. The van der Waals surface area contributed by atoms with E-state index in [1.807, 2.05) is 6.92 Å². The van der Waals surface area contributed by atoms with Crippen LogP contribution in [-0.2, 0) is 5.54 Å². The van der Waals surface area contributed by atoms with Crippen LogP contribution < -0.4 is 11.1 Å². The molecule has 0 aromatic carbocycles. The number of hydrogen-bond donors (Lipinski definition) is 2. The monoisotopic (exact) mass is 399 g/mol. The largest absolute Gasteiger partial charge is 0.379 e. The molecule has 0 unspecified atom stereocenters. The molecule has 0 bridgehead atoms. The van der Waals surface area contributed by atoms with Gasteiger partial charge < -0.3 is 11.1 Å². The van der Waals surface area contributed by atoms with Crippen molar-refractivity contribution in [3.63, 3.8) is 0 Å². The van der Waals surface area contributed by atoms with Crippen LogP contribution in [0, 0.1) is 12.3 Å². The van der Waals surface area contributed by atoms with E-state index in [0.717, 1.165) is 12.1 Å². The van der Waals surface area contributed by atoms with Gasteiger partial charge in [0.1, 0.15) is 11.2 Å². The van der Waals surface area contributed by atoms with E-state index >= 15 is 0 Å². The first-order valence-electron chi connectivity index (χ1n) is 8.23. The van der Waals surface area contributed by atoms with Crippen LogP contribution in [0.15, 0.2) is 35.6 Å². The first-order valence-corrected chi connectivity index (χ1v) is 9.48. The third-order valence-electron chi connectivity index (χ3n) is 4.16. The van der Waals surface area contributed by atoms with Gasteiger partial charge in [0.05, 0.1) is 10.7 Å². The van der Waals surface area contributed by atoms with Crippen LogP contribution in [0.2, 0.25) is 5.02 Å². The predicted octanol–water partition coefficient (Wildman–Crippen LogP) is 3.42. The van der Waals surface area contributed by atoms with Crippen LogP contribution in [-0.4, -0.2) is 26.3 Å². The highest BCUT2D eigenvalue weighted by Gasteiger charge is 2.34. The van der Waals surface area contributed by atoms with Crippen molar-refractivity contribution < 1.29 is 4.79 Å². The summed E-state index contributed by atoms with van der Waals surface area (Å²) < 4.78 is 0. The number of rotatable bonds is 3. The number of nitrogens with one attached hydrogen (secondary N) is 1. The number of anilines is 1. The van der Waals surface area contributed by atoms with Crippen LogP contribution in [0.5, 0.6) is 0 Å². The second-order valence-electron chi connectivity index (χ2n) is 6.44. The normalized spacial score (nSPS) is 21.9. The SMILES string of the molecule is C#Cc1cnc(C(=O)Nc2ccnc([C@]3(C)C[C@@H](C)SC(N)=N3)c2)c(Cl)c1. The van der Waals surface area contributed by atoms with E-state index in [9.17, 15) is 4.79 Å². The summed E-state index contributed by atoms with van der Waals surface area (Å²) in [5.74, 6) is 2.00. The van der Waals surface area contributed by atoms with Crippen molar-refractivity contribution in [1.29, 1.82) is 0 Å². The van der Waals surface area contributed by atoms with Crippen molar-refractivity contribution in [2.45, 2.75) is 31.1 Å². The molecule has 0 saturated heterocycles. The number of nitrogens with zero attached hydrogens (tertiary/aromatic N) is 3. The van der Waals surface area contributed by atoms with Gasteiger partial charge in [-0.25, -0.2) is 9.98 Å². The molecule has 2 aromatic heterocycles. The summed E-state index contributed by atoms with van der Waals surface area (Å²) >= 11 is 7.66. The molecule has 8 heteroatoms. The highest BCUT2D eigenvalue weighted by Crippen LogP contribution is 2.38. The van der Waals surface area contributed by atoms with Crippen molar-refractivity contribution in [2.24, 2.45) is 10.7 Å². The number of halogens is 1. The number of aliphatic imine (C=N–C) groups is 1. The maximum absolute atomic E-state index is 12.5. The van der Waals surface area contributed by atoms with E-state index < -0.39 is 11.4 Å². The fourth-order valence-electron chi connectivity index (χ4n) is 2.96. The van der Waals surface area contributed by atoms with Gasteiger partial charge in [0.2, 0.25) is 0 Å². The maximum Gasteiger partial charge on any atom is 0.275 e. The number of hydrogen-bond acceptors (Lipinski definition) is 6. The molecule has 0 radical (unpaired) electrons. The zero-order valence-corrected chi connectivity index (χ0v) is 16.4. The van der Waals surface area contributed by atoms with E-state index in [1.54, 1.807) is 30.1 Å². The molecule has 2 aromatic rings. The molecule has 3 heterocycles. The molecular weight excluding hydrogens is 382 g/mol. The van der Waals surface area contributed by atoms with Gasteiger partial charge in [-0.05, 0) is 31.5 Å². The van der Waals surface area contributed by atoms with E-state index in [0.29, 0.717) is 21.7 Å². The molecule has 0 aliphatic carbocycles. The third-order valence-corrected chi connectivity index (χ3v) is 5.35. The second-order valence-corrected chi connectivity index (χ2v) is 8.31. The Hall–Kier alpha value is -2.56. The molecule has 1 amide bonds. The highest BCUT2D eigenvalue weighted by atomic mass is 35.5. The van der Waals surface area contributed by atoms with Crippen molar-refractivity contribution in [1.82, 2.24) is 9.97 Å². The number of aromatic nitrogens is 2. The van der Waals surface area contributed by atoms with Gasteiger partial charge in [0.25, 0.3) is 5.91 Å². The molecule has 1 aliphatic rings. The van der Waals surface area contributed by atoms with E-state index in [4.69, 9.17) is 23.8 Å². The number of pyridine rings is 2. The van der Waals surface area contributed by atoms with E-state index in [1.165, 1.54) is 12.3 Å². The average molecular weight is 400 g/mol. The summed E-state index contributed by atoms with van der Waals surface area (Å²) in [6, 6.07) is 5.02. The standard InChI is InChI=1S/C19H18ClN5OS/c1-4-12-7-14(20)16(23-10-12)17(26)24-13-5-6-22-15(8-13)19(3)9-11(2)27-18(21)25-19/h1,5-8,10-11H,9H2,2-3H3,(H2,21,25)(H,22,24,26)/t11-,19+/m1/s1. The molecular formula is C19H18ClN5OS. The summed E-state index contributed by atoms with van der Waals surface area (Å²) in [6.45, 7) is 4.09. The minimum absolute atomic E-state index is 0.102. The van der Waals surface area contributed by atoms with Gasteiger partial charge in [0.15, 0.2) is 5.17 Å². The lowest BCUT2D eigenvalue weighted by atomic mass is 9.91. The van der Waals surface area contributed by atoms with Gasteiger partial charge in [-0.1, -0.05) is 36.2 Å². The van der Waals surface area contributed by atoms with E-state index in [-0.39, 0.29) is 10.7 Å². The number of terminal acetylenes is 1. The second kappa shape index (κ2) is 7.59. The predicted molar refractivity (Wildman–Crippen MR) is 110 cm³/mol. The number of carbonyl (C=O) groups is 1. The van der Waals surface area contributed by atoms with Crippen LogP contribution in [0.3, 0.4) is 0 Å². The lowest BCUT2D eigenvalue weighted by Gasteiger charge is -2.32. The topological polar surface area (TPSA) is 93.3 Å². The van der Waals surface area contributed by atoms with Crippen LogP contribution in [0.25, 0.3) is 0 Å². The van der Waals surface area contributed by atoms with Crippen molar-refractivity contribution in [3.8, 4) is 12.3 Å². The Morgan fingerprint density at radius 3 is 2.93 bits per heavy atom. The van der Waals surface area contributed by atoms with Crippen LogP contribution in [0.4, 0.5) is 5.69 Å². The Morgan fingerprint density at radius 2 is 2.26 bits per heavy atom. The molecule has 0 spiro atoms. The van der Waals surface area contributed by atoms with Crippen molar-refractivity contribution in [2.75, 3.05) is 5.32 Å². The first kappa shape index (κ1) is 19.2. The number of thioether (sulfide) groups is 1. The van der Waals surface area contributed by atoms with Crippen LogP contribution >= 0.6 is 23.4 Å². The smallest absolute Gasteiger partial charge is 0.275 e. The molecule has 27 heavy (non-hydrogen) atoms. The molecule has 3 N–H and O–H groups in total. The zero-order chi connectivity index (χ0) is 19.6. The maximum atomic E-state index is 12.5. The summed E-state index contributed by atoms with van der Waals surface area (Å²) in [7, 11) is 0. The minimum Gasteiger partial charge on any atom is -0.379 e. The summed E-state index contributed by atoms with van der Waals surface area (Å²) in [5, 5.41) is 3.85. The van der Waals surface area contributed by atoms with Crippen molar-refractivity contribution in [3.05, 3.63) is 52.6 Å². The molecule has 3 rings (SSSR count). The Kier molecular flexibility index (Phi) is 5.40. The minimum atomic E-state index is -0.542. The third kappa shape index (κ3) is 4.24. The number of nitrogens with two attached hydrogens (primary N) is 1. The molecule has 2 atom stereocenters.